The maximum atomic E-state index is 12.1. The number of nitrogens with one attached hydrogen (secondary N) is 1. The second-order valence-corrected chi connectivity index (χ2v) is 8.13. The smallest absolute Gasteiger partial charge is 0.220 e. The zero-order valence-corrected chi connectivity index (χ0v) is 17.2. The molecular weight excluding hydrogens is 382 g/mol. The summed E-state index contributed by atoms with van der Waals surface area (Å²) in [5.41, 5.74) is 3.24. The van der Waals surface area contributed by atoms with E-state index in [2.05, 4.69) is 21.4 Å². The van der Waals surface area contributed by atoms with Crippen LogP contribution < -0.4 is 5.32 Å². The number of oxazole rings is 1. The van der Waals surface area contributed by atoms with E-state index in [1.165, 1.54) is 10.3 Å². The van der Waals surface area contributed by atoms with Crippen LogP contribution in [0, 0.1) is 6.92 Å². The number of amides is 1. The zero-order valence-electron chi connectivity index (χ0n) is 16.4. The summed E-state index contributed by atoms with van der Waals surface area (Å²) in [5.74, 6) is 1.34. The van der Waals surface area contributed by atoms with Crippen molar-refractivity contribution in [1.82, 2.24) is 15.3 Å². The van der Waals surface area contributed by atoms with Gasteiger partial charge < -0.3 is 9.73 Å². The first-order valence-electron chi connectivity index (χ1n) is 9.80. The van der Waals surface area contributed by atoms with Crippen LogP contribution in [0.15, 0.2) is 59.1 Å². The minimum absolute atomic E-state index is 0.0179. The van der Waals surface area contributed by atoms with Crippen LogP contribution in [-0.2, 0) is 17.6 Å². The minimum Gasteiger partial charge on any atom is -0.441 e. The van der Waals surface area contributed by atoms with Gasteiger partial charge >= 0.3 is 0 Å². The van der Waals surface area contributed by atoms with Crippen molar-refractivity contribution in [3.63, 3.8) is 0 Å². The van der Waals surface area contributed by atoms with Gasteiger partial charge in [-0.1, -0.05) is 42.0 Å². The van der Waals surface area contributed by atoms with Crippen molar-refractivity contribution in [3.8, 4) is 11.3 Å². The number of benzene rings is 2. The Hall–Kier alpha value is -2.99. The first-order chi connectivity index (χ1) is 14.2. The first kappa shape index (κ1) is 19.3. The maximum absolute atomic E-state index is 12.1. The third-order valence-corrected chi connectivity index (χ3v) is 5.78. The molecule has 0 atom stereocenters. The molecule has 2 aromatic carbocycles. The average Bonchev–Trinajstić information content (AvgIpc) is 3.37. The molecule has 0 spiro atoms. The van der Waals surface area contributed by atoms with E-state index in [-0.39, 0.29) is 5.91 Å². The number of aromatic nitrogens is 2. The van der Waals surface area contributed by atoms with Crippen molar-refractivity contribution in [3.05, 3.63) is 71.2 Å². The summed E-state index contributed by atoms with van der Waals surface area (Å²) in [5, 5.41) is 4.08. The molecule has 1 amide bonds. The lowest BCUT2D eigenvalue weighted by Crippen LogP contribution is -2.25. The SMILES string of the molecule is Cc1ccc(-c2cnc(CCC(=O)NCCCc3nc4ccccc4s3)o2)cc1. The van der Waals surface area contributed by atoms with Crippen LogP contribution in [0.1, 0.15) is 29.3 Å². The Balaban J connectivity index is 1.19. The number of thiazole rings is 1. The van der Waals surface area contributed by atoms with Gasteiger partial charge in [-0.25, -0.2) is 9.97 Å². The third-order valence-electron chi connectivity index (χ3n) is 4.68. The van der Waals surface area contributed by atoms with E-state index in [0.717, 1.165) is 34.7 Å². The average molecular weight is 406 g/mol. The monoisotopic (exact) mass is 405 g/mol. The highest BCUT2D eigenvalue weighted by molar-refractivity contribution is 7.18. The Morgan fingerprint density at radius 2 is 1.93 bits per heavy atom. The quantitative estimate of drug-likeness (QED) is 0.422. The van der Waals surface area contributed by atoms with Crippen molar-refractivity contribution in [2.24, 2.45) is 0 Å². The third kappa shape index (κ3) is 5.09. The summed E-state index contributed by atoms with van der Waals surface area (Å²) < 4.78 is 6.98. The molecule has 0 aliphatic rings. The van der Waals surface area contributed by atoms with Gasteiger partial charge in [0.25, 0.3) is 0 Å². The summed E-state index contributed by atoms with van der Waals surface area (Å²) in [7, 11) is 0. The fourth-order valence-electron chi connectivity index (χ4n) is 3.08. The summed E-state index contributed by atoms with van der Waals surface area (Å²) in [6.45, 7) is 2.70. The van der Waals surface area contributed by atoms with Gasteiger partial charge in [-0.3, -0.25) is 4.79 Å². The molecule has 0 aliphatic carbocycles. The van der Waals surface area contributed by atoms with Crippen LogP contribution in [0.25, 0.3) is 21.5 Å². The summed E-state index contributed by atoms with van der Waals surface area (Å²) in [6, 6.07) is 16.3. The molecular formula is C23H23N3O2S. The van der Waals surface area contributed by atoms with E-state index >= 15 is 0 Å². The molecule has 6 heteroatoms. The van der Waals surface area contributed by atoms with Crippen molar-refractivity contribution >= 4 is 27.5 Å². The van der Waals surface area contributed by atoms with E-state index in [1.807, 2.05) is 49.4 Å². The second-order valence-electron chi connectivity index (χ2n) is 7.01. The zero-order chi connectivity index (χ0) is 20.1. The molecule has 1 N–H and O–H groups in total. The van der Waals surface area contributed by atoms with Gasteiger partial charge in [0.15, 0.2) is 11.7 Å². The van der Waals surface area contributed by atoms with Gasteiger partial charge in [-0.15, -0.1) is 11.3 Å². The Morgan fingerprint density at radius 1 is 1.10 bits per heavy atom. The molecule has 4 rings (SSSR count). The number of hydrogen-bond acceptors (Lipinski definition) is 5. The first-order valence-corrected chi connectivity index (χ1v) is 10.6. The van der Waals surface area contributed by atoms with E-state index in [9.17, 15) is 4.79 Å². The number of carbonyl (C=O) groups is 1. The number of hydrogen-bond donors (Lipinski definition) is 1. The van der Waals surface area contributed by atoms with Crippen LogP contribution in [-0.4, -0.2) is 22.4 Å². The Labute approximate surface area is 173 Å². The van der Waals surface area contributed by atoms with Crippen molar-refractivity contribution in [2.75, 3.05) is 6.54 Å². The molecule has 2 heterocycles. The molecule has 0 bridgehead atoms. The molecule has 4 aromatic rings. The lowest BCUT2D eigenvalue weighted by molar-refractivity contribution is -0.121. The number of nitrogens with zero attached hydrogens (tertiary/aromatic N) is 2. The largest absolute Gasteiger partial charge is 0.441 e. The highest BCUT2D eigenvalue weighted by Gasteiger charge is 2.09. The lowest BCUT2D eigenvalue weighted by Gasteiger charge is -2.03. The molecule has 5 nitrogen and oxygen atoms in total. The highest BCUT2D eigenvalue weighted by Crippen LogP contribution is 2.23. The molecule has 29 heavy (non-hydrogen) atoms. The molecule has 2 aromatic heterocycles. The van der Waals surface area contributed by atoms with Crippen LogP contribution >= 0.6 is 11.3 Å². The van der Waals surface area contributed by atoms with E-state index in [4.69, 9.17) is 4.42 Å². The van der Waals surface area contributed by atoms with Crippen LogP contribution in [0.3, 0.4) is 0 Å². The van der Waals surface area contributed by atoms with Gasteiger partial charge in [-0.05, 0) is 25.5 Å². The molecule has 0 saturated carbocycles. The Bertz CT molecular complexity index is 1070. The predicted octanol–water partition coefficient (Wildman–Crippen LogP) is 4.94. The summed E-state index contributed by atoms with van der Waals surface area (Å²) in [6.07, 6.45) is 4.34. The normalized spacial score (nSPS) is 11.1. The fraction of sp³-hybridized carbons (Fsp3) is 0.261. The van der Waals surface area contributed by atoms with Gasteiger partial charge in [0.1, 0.15) is 0 Å². The number of para-hydroxylation sites is 1. The predicted molar refractivity (Wildman–Crippen MR) is 116 cm³/mol. The van der Waals surface area contributed by atoms with Crippen molar-refractivity contribution in [2.45, 2.75) is 32.6 Å². The van der Waals surface area contributed by atoms with Gasteiger partial charge in [0.2, 0.25) is 5.91 Å². The van der Waals surface area contributed by atoms with Crippen molar-refractivity contribution in [1.29, 1.82) is 0 Å². The second kappa shape index (κ2) is 9.01. The summed E-state index contributed by atoms with van der Waals surface area (Å²) >= 11 is 1.72. The lowest BCUT2D eigenvalue weighted by atomic mass is 10.1. The molecule has 0 saturated heterocycles. The minimum atomic E-state index is 0.0179. The summed E-state index contributed by atoms with van der Waals surface area (Å²) in [4.78, 5) is 21.0. The van der Waals surface area contributed by atoms with E-state index in [0.29, 0.717) is 25.3 Å². The van der Waals surface area contributed by atoms with Crippen LogP contribution in [0.2, 0.25) is 0 Å². The standard InChI is InChI=1S/C23H23N3O2S/c1-16-8-10-17(11-9-16)19-15-25-22(28-19)13-12-21(27)24-14-4-7-23-26-18-5-2-3-6-20(18)29-23/h2-3,5-6,8-11,15H,4,7,12-14H2,1H3,(H,24,27). The number of rotatable bonds is 8. The Kier molecular flexibility index (Phi) is 6.00. The topological polar surface area (TPSA) is 68.0 Å². The van der Waals surface area contributed by atoms with Gasteiger partial charge in [0, 0.05) is 31.4 Å². The van der Waals surface area contributed by atoms with Crippen molar-refractivity contribution < 1.29 is 9.21 Å². The molecule has 0 aliphatic heterocycles. The molecule has 0 unspecified atom stereocenters. The van der Waals surface area contributed by atoms with Crippen LogP contribution in [0.5, 0.6) is 0 Å². The van der Waals surface area contributed by atoms with Gasteiger partial charge in [0.05, 0.1) is 21.4 Å². The fourth-order valence-corrected chi connectivity index (χ4v) is 4.09. The number of carbonyl (C=O) groups excluding carboxylic acids is 1. The maximum Gasteiger partial charge on any atom is 0.220 e. The Morgan fingerprint density at radius 3 is 2.76 bits per heavy atom. The highest BCUT2D eigenvalue weighted by atomic mass is 32.1. The van der Waals surface area contributed by atoms with E-state index in [1.54, 1.807) is 17.5 Å². The van der Waals surface area contributed by atoms with E-state index < -0.39 is 0 Å². The number of aryl methyl sites for hydroxylation is 3. The van der Waals surface area contributed by atoms with Gasteiger partial charge in [-0.2, -0.15) is 0 Å². The van der Waals surface area contributed by atoms with Crippen LogP contribution in [0.4, 0.5) is 0 Å². The molecule has 0 radical (unpaired) electrons. The molecule has 0 fully saturated rings. The number of fused-ring (bicyclic) bond motifs is 1. The molecule has 148 valence electrons.